The quantitative estimate of drug-likeness (QED) is 0.0569. The lowest BCUT2D eigenvalue weighted by Gasteiger charge is -2.50. The van der Waals surface area contributed by atoms with E-state index in [1.807, 2.05) is 78.2 Å². The summed E-state index contributed by atoms with van der Waals surface area (Å²) >= 11 is 24.6. The second kappa shape index (κ2) is 32.2. The van der Waals surface area contributed by atoms with Crippen LogP contribution in [0.5, 0.6) is 0 Å². The molecule has 7 aliphatic rings. The third kappa shape index (κ3) is 17.0. The standard InChI is InChI=1S/C17H21ClN6O4S.C17H21F3N4O2S.C13H12ClN5.2C13H15ClN2O/c1-29(27,28)20-4-7-24-15(25)17(21-16(24)26)2-5-23(6-3-17)14-9-11(18)8-13-12(14)10-19-22-13;1-27(25,26)24-7-6-23(14-4-2-3-5-15(14)24)16-9-11(17(18,19)20)8-13-12(16)10-21-22-13;14-9-3-11-10(6-16-17-11)13(4-9)19-2-1-8-5-15-18-12(8)7-19;2*14-8-5-10(9-3-1-2-4-13(9)17)11-7-15-16-12(11)6-8/h8-10,20H,2-7H2,1H3,(H,19,22)(H,21,26);8-10,14-15H,2-7H2,1H3,(H,21,22);3-6H,1-2,7H2,(H,15,18)(H,16,17);2*5-7,9,13,17H,1-4H2,(H,15,16)/t;;;9-,13+;9-,13-/m...11/s1. The number of piperidine rings is 1. The van der Waals surface area contributed by atoms with Crippen molar-refractivity contribution in [3.8, 4) is 0 Å². The Morgan fingerprint density at radius 2 is 0.991 bits per heavy atom. The molecule has 3 amide bonds. The van der Waals surface area contributed by atoms with Crippen molar-refractivity contribution in [2.75, 3.05) is 73.0 Å². The Kier molecular flexibility index (Phi) is 22.9. The van der Waals surface area contributed by atoms with Crippen LogP contribution in [-0.2, 0) is 44.0 Å². The van der Waals surface area contributed by atoms with Crippen LogP contribution in [0.3, 0.4) is 0 Å². The number of aliphatic hydroxyl groups excluding tert-OH is 2. The number of halogens is 7. The second-order valence-electron chi connectivity index (χ2n) is 29.1. The highest BCUT2D eigenvalue weighted by Gasteiger charge is 2.52. The van der Waals surface area contributed by atoms with Gasteiger partial charge in [0.25, 0.3) is 5.91 Å². The Morgan fingerprint density at radius 3 is 1.50 bits per heavy atom. The molecule has 6 aromatic heterocycles. The summed E-state index contributed by atoms with van der Waals surface area (Å²) in [4.78, 5) is 32.7. The maximum atomic E-state index is 13.4. The van der Waals surface area contributed by atoms with Gasteiger partial charge in [0.2, 0.25) is 20.0 Å². The van der Waals surface area contributed by atoms with E-state index in [9.17, 15) is 49.8 Å². The van der Waals surface area contributed by atoms with Crippen molar-refractivity contribution in [3.05, 3.63) is 146 Å². The van der Waals surface area contributed by atoms with Gasteiger partial charge in [-0.2, -0.15) is 48.1 Å². The molecule has 4 aliphatic heterocycles. The fourth-order valence-corrected chi connectivity index (χ4v) is 19.2. The monoisotopic (exact) mass is 1620 g/mol. The highest BCUT2D eigenvalue weighted by atomic mass is 35.5. The highest BCUT2D eigenvalue weighted by molar-refractivity contribution is 7.88. The number of anilines is 3. The van der Waals surface area contributed by atoms with Gasteiger partial charge in [0.1, 0.15) is 5.54 Å². The molecule has 18 rings (SSSR count). The van der Waals surface area contributed by atoms with Crippen LogP contribution in [0.1, 0.15) is 130 Å². The Bertz CT molecular complexity index is 5260. The first-order chi connectivity index (χ1) is 52.2. The number of rotatable bonds is 10. The summed E-state index contributed by atoms with van der Waals surface area (Å²) in [5.41, 5.74) is 9.64. The summed E-state index contributed by atoms with van der Waals surface area (Å²) in [6.07, 6.45) is 21.6. The number of imide groups is 1. The molecule has 2 unspecified atom stereocenters. The largest absolute Gasteiger partial charge is 0.416 e. The smallest absolute Gasteiger partial charge is 0.392 e. The molecule has 580 valence electrons. The zero-order valence-electron chi connectivity index (χ0n) is 59.7. The van der Waals surface area contributed by atoms with Gasteiger partial charge in [-0.25, -0.2) is 26.4 Å². The van der Waals surface area contributed by atoms with Gasteiger partial charge in [0, 0.05) is 134 Å². The third-order valence-electron chi connectivity index (χ3n) is 22.0. The molecule has 36 heteroatoms. The first-order valence-electron chi connectivity index (χ1n) is 36.4. The number of carbonyl (C=O) groups excluding carboxylic acids is 2. The van der Waals surface area contributed by atoms with Crippen molar-refractivity contribution in [1.82, 2.24) is 80.4 Å². The van der Waals surface area contributed by atoms with E-state index in [1.165, 1.54) is 46.9 Å². The molecule has 10 N–H and O–H groups in total. The molecule has 10 heterocycles. The first kappa shape index (κ1) is 77.4. The Labute approximate surface area is 645 Å². The number of nitrogens with zero attached hydrogens (tertiary/aromatic N) is 11. The lowest BCUT2D eigenvalue weighted by molar-refractivity contribution is -0.137. The van der Waals surface area contributed by atoms with Crippen molar-refractivity contribution < 1.29 is 49.8 Å². The number of amides is 3. The highest BCUT2D eigenvalue weighted by Crippen LogP contribution is 2.44. The Hall–Kier alpha value is -8.31. The van der Waals surface area contributed by atoms with E-state index >= 15 is 0 Å². The molecular weight excluding hydrogens is 1530 g/mol. The fourth-order valence-electron chi connectivity index (χ4n) is 16.8. The molecule has 3 saturated heterocycles. The summed E-state index contributed by atoms with van der Waals surface area (Å²) in [5.74, 6) is 0.0853. The van der Waals surface area contributed by atoms with Gasteiger partial charge < -0.3 is 30.2 Å². The SMILES string of the molecule is CS(=O)(=O)N1CCN(c2cc(C(F)(F)F)cc3[nH]ncc23)C2CCCCC21.CS(=O)(=O)NCCN1C(=O)NC2(CCN(c3cc(Cl)cc4[nH]ncc34)CC2)C1=O.Clc1cc(N2CCc3cn[nH]c3C2)c2cn[nH]c2c1.O[C@@H]1CCCC[C@@H]1c1cc(Cl)cc2[nH]ncc12.O[C@H]1CCCC[C@@H]1c1cc(Cl)cc2[nH]ncc12. The van der Waals surface area contributed by atoms with Crippen LogP contribution in [0.4, 0.5) is 35.0 Å². The number of nitrogens with one attached hydrogen (secondary N) is 8. The molecule has 109 heavy (non-hydrogen) atoms. The van der Waals surface area contributed by atoms with E-state index < -0.39 is 43.4 Å². The van der Waals surface area contributed by atoms with E-state index in [2.05, 4.69) is 81.0 Å². The number of alkyl halides is 3. The van der Waals surface area contributed by atoms with Crippen molar-refractivity contribution >= 4 is 150 Å². The number of piperazine rings is 1. The van der Waals surface area contributed by atoms with Crippen LogP contribution in [0.25, 0.3) is 54.5 Å². The number of urea groups is 1. The van der Waals surface area contributed by atoms with E-state index in [4.69, 9.17) is 46.4 Å². The molecule has 3 aliphatic carbocycles. The number of fused-ring (bicyclic) bond motifs is 7. The zero-order chi connectivity index (χ0) is 76.7. The van der Waals surface area contributed by atoms with E-state index in [1.54, 1.807) is 6.20 Å². The van der Waals surface area contributed by atoms with Crippen LogP contribution in [-0.4, -0.2) is 198 Å². The van der Waals surface area contributed by atoms with Gasteiger partial charge in [-0.15, -0.1) is 0 Å². The number of hydrogen-bond donors (Lipinski definition) is 10. The number of H-pyrrole nitrogens is 6. The summed E-state index contributed by atoms with van der Waals surface area (Å²) < 4.78 is 90.7. The lowest BCUT2D eigenvalue weighted by Crippen LogP contribution is -2.62. The van der Waals surface area contributed by atoms with Gasteiger partial charge in [-0.05, 0) is 135 Å². The van der Waals surface area contributed by atoms with Gasteiger partial charge in [0.05, 0.1) is 107 Å². The molecule has 0 bridgehead atoms. The van der Waals surface area contributed by atoms with Crippen molar-refractivity contribution in [3.63, 3.8) is 0 Å². The maximum Gasteiger partial charge on any atom is 0.416 e. The van der Waals surface area contributed by atoms with Crippen LogP contribution < -0.4 is 24.7 Å². The minimum Gasteiger partial charge on any atom is -0.392 e. The predicted molar refractivity (Wildman–Crippen MR) is 415 cm³/mol. The van der Waals surface area contributed by atoms with E-state index in [0.29, 0.717) is 64.1 Å². The summed E-state index contributed by atoms with van der Waals surface area (Å²) in [6.45, 7) is 3.52. The van der Waals surface area contributed by atoms with E-state index in [0.717, 1.165) is 172 Å². The third-order valence-corrected chi connectivity index (χ3v) is 25.0. The van der Waals surface area contributed by atoms with Crippen molar-refractivity contribution in [1.29, 1.82) is 0 Å². The Morgan fingerprint density at radius 1 is 0.532 bits per heavy atom. The predicted octanol–water partition coefficient (Wildman–Crippen LogP) is 12.6. The summed E-state index contributed by atoms with van der Waals surface area (Å²) in [7, 11) is -6.74. The molecule has 1 spiro atoms. The maximum absolute atomic E-state index is 13.4. The van der Waals surface area contributed by atoms with Gasteiger partial charge >= 0.3 is 12.2 Å². The zero-order valence-corrected chi connectivity index (χ0v) is 64.3. The second-order valence-corrected chi connectivity index (χ2v) is 34.6. The van der Waals surface area contributed by atoms with Crippen LogP contribution in [0.2, 0.25) is 20.1 Å². The van der Waals surface area contributed by atoms with Crippen LogP contribution >= 0.6 is 46.4 Å². The molecule has 6 atom stereocenters. The summed E-state index contributed by atoms with van der Waals surface area (Å²) in [5, 5.41) is 72.4. The topological polar surface area (TPSA) is 355 Å². The van der Waals surface area contributed by atoms with Gasteiger partial charge in [0.15, 0.2) is 0 Å². The number of aromatic nitrogens is 12. The number of carbonyl (C=O) groups is 2. The average molecular weight is 1620 g/mol. The van der Waals surface area contributed by atoms with Crippen molar-refractivity contribution in [2.45, 2.75) is 151 Å². The van der Waals surface area contributed by atoms with Crippen LogP contribution in [0.15, 0.2) is 97.8 Å². The lowest BCUT2D eigenvalue weighted by atomic mass is 9.80. The van der Waals surface area contributed by atoms with Gasteiger partial charge in [-0.1, -0.05) is 84.9 Å². The Balaban J connectivity index is 0.000000116. The van der Waals surface area contributed by atoms with Crippen LogP contribution in [0, 0.1) is 0 Å². The van der Waals surface area contributed by atoms with Gasteiger partial charge in [-0.3, -0.25) is 40.3 Å². The number of sulfonamides is 2. The number of aromatic amines is 6. The molecule has 6 fully saturated rings. The number of hydrogen-bond acceptors (Lipinski definition) is 17. The van der Waals surface area contributed by atoms with Crippen molar-refractivity contribution in [2.24, 2.45) is 0 Å². The molecule has 5 aromatic carbocycles. The minimum atomic E-state index is -4.46. The first-order valence-corrected chi connectivity index (χ1v) is 41.7. The molecule has 11 aromatic rings. The minimum absolute atomic E-state index is 0.00681. The van der Waals surface area contributed by atoms with E-state index in [-0.39, 0.29) is 61.7 Å². The molecular formula is C73H84Cl4F3N19O8S2. The number of aliphatic hydroxyl groups is 2. The number of benzene rings is 5. The molecule has 27 nitrogen and oxygen atoms in total. The molecule has 0 radical (unpaired) electrons. The fraction of sp³-hybridized carbons (Fsp3) is 0.452. The normalized spacial score (nSPS) is 21.8. The summed E-state index contributed by atoms with van der Waals surface area (Å²) in [6, 6.07) is 16.7. The average Bonchev–Trinajstić information content (AvgIpc) is 1.72. The molecule has 3 saturated carbocycles.